The molecule has 0 aromatic carbocycles. The van der Waals surface area contributed by atoms with E-state index < -0.39 is 24.5 Å². The highest BCUT2D eigenvalue weighted by molar-refractivity contribution is 5.68. The first-order valence-electron chi connectivity index (χ1n) is 7.12. The van der Waals surface area contributed by atoms with Crippen LogP contribution in [0.1, 0.15) is 6.23 Å². The van der Waals surface area contributed by atoms with E-state index in [1.807, 2.05) is 0 Å². The monoisotopic (exact) mass is 326 g/mol. The Morgan fingerprint density at radius 3 is 3.00 bits per heavy atom. The Morgan fingerprint density at radius 2 is 2.26 bits per heavy atom. The molecule has 3 N–H and O–H groups in total. The molecule has 4 atom stereocenters. The van der Waals surface area contributed by atoms with Crippen LogP contribution >= 0.6 is 0 Å². The molecule has 10 nitrogen and oxygen atoms in total. The number of nitrogens with one attached hydrogen (secondary N) is 1. The summed E-state index contributed by atoms with van der Waals surface area (Å²) in [5.74, 6) is 0. The van der Waals surface area contributed by atoms with Crippen molar-refractivity contribution in [2.75, 3.05) is 26.9 Å². The number of methoxy groups -OCH3 is 1. The minimum Gasteiger partial charge on any atom is -0.394 e. The van der Waals surface area contributed by atoms with Gasteiger partial charge in [0.1, 0.15) is 18.3 Å². The standard InChI is InChI=1S/C13H18N4O6/c1-21-2-3-22-10-9(19)7(4-18)23-13(10)17-6-16-8-11(17)14-5-15-12(8)20/h5-7,9-10,13,18-19H,2-4H2,1H3,(H,14,15,20)/t7-,9-,10-,13-/m1/s1. The number of aromatic nitrogens is 4. The van der Waals surface area contributed by atoms with Crippen LogP contribution in [0.4, 0.5) is 0 Å². The van der Waals surface area contributed by atoms with Crippen LogP contribution in [0.3, 0.4) is 0 Å². The van der Waals surface area contributed by atoms with Crippen LogP contribution in [0, 0.1) is 0 Å². The summed E-state index contributed by atoms with van der Waals surface area (Å²) >= 11 is 0. The second-order valence-corrected chi connectivity index (χ2v) is 5.12. The van der Waals surface area contributed by atoms with Crippen molar-refractivity contribution in [1.82, 2.24) is 19.5 Å². The van der Waals surface area contributed by atoms with E-state index in [2.05, 4.69) is 15.0 Å². The summed E-state index contributed by atoms with van der Waals surface area (Å²) in [7, 11) is 1.54. The summed E-state index contributed by atoms with van der Waals surface area (Å²) in [6.45, 7) is 0.238. The highest BCUT2D eigenvalue weighted by Crippen LogP contribution is 2.32. The van der Waals surface area contributed by atoms with E-state index in [-0.39, 0.29) is 24.3 Å². The zero-order chi connectivity index (χ0) is 16.4. The van der Waals surface area contributed by atoms with Gasteiger partial charge in [0.05, 0.1) is 32.5 Å². The second kappa shape index (κ2) is 6.72. The number of aliphatic hydroxyl groups excluding tert-OH is 2. The summed E-state index contributed by atoms with van der Waals surface area (Å²) in [4.78, 5) is 22.3. The third-order valence-corrected chi connectivity index (χ3v) is 3.73. The lowest BCUT2D eigenvalue weighted by molar-refractivity contribution is -0.0785. The Bertz CT molecular complexity index is 716. The van der Waals surface area contributed by atoms with Crippen molar-refractivity contribution in [3.63, 3.8) is 0 Å². The maximum Gasteiger partial charge on any atom is 0.278 e. The zero-order valence-electron chi connectivity index (χ0n) is 12.5. The number of ether oxygens (including phenoxy) is 3. The minimum absolute atomic E-state index is 0.161. The van der Waals surface area contributed by atoms with E-state index in [1.165, 1.54) is 17.2 Å². The Kier molecular flexibility index (Phi) is 4.68. The van der Waals surface area contributed by atoms with Crippen molar-refractivity contribution in [2.45, 2.75) is 24.5 Å². The Morgan fingerprint density at radius 1 is 1.43 bits per heavy atom. The number of aromatic amines is 1. The Hall–Kier alpha value is -1.85. The molecular formula is C13H18N4O6. The van der Waals surface area contributed by atoms with Crippen molar-refractivity contribution in [2.24, 2.45) is 0 Å². The first kappa shape index (κ1) is 16.0. The average Bonchev–Trinajstić information content (AvgIpc) is 3.10. The molecule has 0 aliphatic carbocycles. The van der Waals surface area contributed by atoms with Gasteiger partial charge in [-0.05, 0) is 0 Å². The van der Waals surface area contributed by atoms with Crippen LogP contribution in [-0.4, -0.2) is 75.0 Å². The molecular weight excluding hydrogens is 308 g/mol. The van der Waals surface area contributed by atoms with Crippen molar-refractivity contribution in [3.8, 4) is 0 Å². The summed E-state index contributed by atoms with van der Waals surface area (Å²) in [5.41, 5.74) is 0.0985. The predicted octanol–water partition coefficient (Wildman–Crippen LogP) is -1.60. The van der Waals surface area contributed by atoms with Gasteiger partial charge in [-0.25, -0.2) is 9.97 Å². The molecule has 0 radical (unpaired) electrons. The fourth-order valence-corrected chi connectivity index (χ4v) is 2.59. The number of hydrogen-bond donors (Lipinski definition) is 3. The fourth-order valence-electron chi connectivity index (χ4n) is 2.59. The number of aliphatic hydroxyl groups is 2. The molecule has 23 heavy (non-hydrogen) atoms. The maximum atomic E-state index is 11.7. The van der Waals surface area contributed by atoms with Gasteiger partial charge in [0.2, 0.25) is 0 Å². The molecule has 126 valence electrons. The summed E-state index contributed by atoms with van der Waals surface area (Å²) in [5, 5.41) is 19.6. The molecule has 3 heterocycles. The number of nitrogens with zero attached hydrogens (tertiary/aromatic N) is 3. The topological polar surface area (TPSA) is 132 Å². The van der Waals surface area contributed by atoms with Crippen LogP contribution in [0.2, 0.25) is 0 Å². The molecule has 1 aliphatic heterocycles. The lowest BCUT2D eigenvalue weighted by Gasteiger charge is -2.21. The lowest BCUT2D eigenvalue weighted by Crippen LogP contribution is -2.36. The highest BCUT2D eigenvalue weighted by atomic mass is 16.6. The third kappa shape index (κ3) is 2.86. The van der Waals surface area contributed by atoms with Gasteiger partial charge in [0.15, 0.2) is 17.4 Å². The van der Waals surface area contributed by atoms with Crippen LogP contribution in [0.25, 0.3) is 11.2 Å². The number of fused-ring (bicyclic) bond motifs is 1. The molecule has 0 amide bonds. The van der Waals surface area contributed by atoms with Crippen molar-refractivity contribution in [3.05, 3.63) is 23.0 Å². The molecule has 3 rings (SSSR count). The van der Waals surface area contributed by atoms with Gasteiger partial charge >= 0.3 is 0 Å². The van der Waals surface area contributed by atoms with Gasteiger partial charge in [0, 0.05) is 7.11 Å². The van der Waals surface area contributed by atoms with Crippen molar-refractivity contribution in [1.29, 1.82) is 0 Å². The molecule has 1 fully saturated rings. The van der Waals surface area contributed by atoms with Gasteiger partial charge in [-0.15, -0.1) is 0 Å². The molecule has 0 saturated carbocycles. The summed E-state index contributed by atoms with van der Waals surface area (Å²) in [6.07, 6.45) is -0.678. The second-order valence-electron chi connectivity index (χ2n) is 5.12. The van der Waals surface area contributed by atoms with Gasteiger partial charge in [-0.2, -0.15) is 0 Å². The van der Waals surface area contributed by atoms with E-state index in [4.69, 9.17) is 14.2 Å². The molecule has 0 unspecified atom stereocenters. The molecule has 0 spiro atoms. The molecule has 10 heteroatoms. The smallest absolute Gasteiger partial charge is 0.278 e. The Balaban J connectivity index is 1.94. The number of H-pyrrole nitrogens is 1. The van der Waals surface area contributed by atoms with Crippen LogP contribution < -0.4 is 5.56 Å². The quantitative estimate of drug-likeness (QED) is 0.541. The van der Waals surface area contributed by atoms with Gasteiger partial charge < -0.3 is 29.4 Å². The lowest BCUT2D eigenvalue weighted by atomic mass is 10.1. The first-order valence-corrected chi connectivity index (χ1v) is 7.12. The van der Waals surface area contributed by atoms with Crippen LogP contribution in [-0.2, 0) is 14.2 Å². The average molecular weight is 326 g/mol. The zero-order valence-corrected chi connectivity index (χ0v) is 12.5. The van der Waals surface area contributed by atoms with E-state index in [0.29, 0.717) is 12.3 Å². The van der Waals surface area contributed by atoms with Crippen LogP contribution in [0.15, 0.2) is 17.4 Å². The van der Waals surface area contributed by atoms with Crippen molar-refractivity contribution < 1.29 is 24.4 Å². The van der Waals surface area contributed by atoms with Gasteiger partial charge in [0.25, 0.3) is 5.56 Å². The van der Waals surface area contributed by atoms with Crippen LogP contribution in [0.5, 0.6) is 0 Å². The fraction of sp³-hybridized carbons (Fsp3) is 0.615. The molecule has 2 aromatic heterocycles. The molecule has 1 aliphatic rings. The van der Waals surface area contributed by atoms with Gasteiger partial charge in [-0.1, -0.05) is 0 Å². The van der Waals surface area contributed by atoms with E-state index >= 15 is 0 Å². The van der Waals surface area contributed by atoms with E-state index in [0.717, 1.165) is 0 Å². The molecule has 0 bridgehead atoms. The number of hydrogen-bond acceptors (Lipinski definition) is 8. The SMILES string of the molecule is COCCO[C@@H]1[C@H](O)[C@@H](CO)O[C@H]1n1cnc2c(=O)[nH]cnc21. The van der Waals surface area contributed by atoms with E-state index in [9.17, 15) is 15.0 Å². The molecule has 1 saturated heterocycles. The van der Waals surface area contributed by atoms with E-state index in [1.54, 1.807) is 7.11 Å². The molecule has 2 aromatic rings. The largest absolute Gasteiger partial charge is 0.394 e. The number of imidazole rings is 1. The maximum absolute atomic E-state index is 11.7. The van der Waals surface area contributed by atoms with Crippen molar-refractivity contribution >= 4 is 11.2 Å². The summed E-state index contributed by atoms with van der Waals surface area (Å²) < 4.78 is 17.7. The van der Waals surface area contributed by atoms with Gasteiger partial charge in [-0.3, -0.25) is 9.36 Å². The normalized spacial score (nSPS) is 27.8. The number of rotatable bonds is 6. The predicted molar refractivity (Wildman–Crippen MR) is 76.8 cm³/mol. The first-order chi connectivity index (χ1) is 11.2. The Labute approximate surface area is 130 Å². The summed E-state index contributed by atoms with van der Waals surface area (Å²) in [6, 6.07) is 0. The highest BCUT2D eigenvalue weighted by Gasteiger charge is 2.45. The third-order valence-electron chi connectivity index (χ3n) is 3.73. The minimum atomic E-state index is -1.03.